The molecule has 2 aromatic rings. The van der Waals surface area contributed by atoms with Gasteiger partial charge in [0.1, 0.15) is 18.1 Å². The highest BCUT2D eigenvalue weighted by atomic mass is 35.5. The maximum absolute atomic E-state index is 5.99. The van der Waals surface area contributed by atoms with Crippen LogP contribution < -0.4 is 14.8 Å². The Hall–Kier alpha value is -1.71. The second kappa shape index (κ2) is 7.17. The van der Waals surface area contributed by atoms with Gasteiger partial charge < -0.3 is 14.8 Å². The Labute approximate surface area is 124 Å². The van der Waals surface area contributed by atoms with Crippen LogP contribution in [0.1, 0.15) is 11.1 Å². The van der Waals surface area contributed by atoms with Gasteiger partial charge in [0, 0.05) is 17.1 Å². The number of methoxy groups -OCH3 is 1. The summed E-state index contributed by atoms with van der Waals surface area (Å²) in [5, 5.41) is 3.79. The quantitative estimate of drug-likeness (QED) is 0.881. The second-order valence-electron chi connectivity index (χ2n) is 4.42. The lowest BCUT2D eigenvalue weighted by Crippen LogP contribution is -2.04. The smallest absolute Gasteiger partial charge is 0.125 e. The van der Waals surface area contributed by atoms with Gasteiger partial charge in [0.2, 0.25) is 0 Å². The van der Waals surface area contributed by atoms with Crippen molar-refractivity contribution in [1.29, 1.82) is 0 Å². The van der Waals surface area contributed by atoms with Gasteiger partial charge in [0.15, 0.2) is 0 Å². The number of nitrogens with one attached hydrogen (secondary N) is 1. The lowest BCUT2D eigenvalue weighted by molar-refractivity contribution is 0.296. The summed E-state index contributed by atoms with van der Waals surface area (Å²) in [4.78, 5) is 0. The van der Waals surface area contributed by atoms with Gasteiger partial charge in [0.25, 0.3) is 0 Å². The van der Waals surface area contributed by atoms with E-state index in [2.05, 4.69) is 5.32 Å². The summed E-state index contributed by atoms with van der Waals surface area (Å²) in [5.41, 5.74) is 2.15. The molecular weight excluding hydrogens is 274 g/mol. The van der Waals surface area contributed by atoms with E-state index in [0.717, 1.165) is 23.6 Å². The fourth-order valence-electron chi connectivity index (χ4n) is 1.93. The highest BCUT2D eigenvalue weighted by Gasteiger charge is 2.05. The molecular formula is C16H18ClNO2. The summed E-state index contributed by atoms with van der Waals surface area (Å²) < 4.78 is 11.1. The van der Waals surface area contributed by atoms with Crippen molar-refractivity contribution >= 4 is 11.6 Å². The molecule has 0 saturated heterocycles. The van der Waals surface area contributed by atoms with E-state index in [9.17, 15) is 0 Å². The van der Waals surface area contributed by atoms with Crippen molar-refractivity contribution in [3.63, 3.8) is 0 Å². The molecule has 2 rings (SSSR count). The Morgan fingerprint density at radius 2 is 1.85 bits per heavy atom. The number of halogens is 1. The minimum atomic E-state index is 0.426. The molecule has 0 spiro atoms. The van der Waals surface area contributed by atoms with Crippen LogP contribution in [0, 0.1) is 0 Å². The lowest BCUT2D eigenvalue weighted by atomic mass is 10.2. The molecule has 0 aliphatic carbocycles. The van der Waals surface area contributed by atoms with Crippen LogP contribution in [0.25, 0.3) is 0 Å². The standard InChI is InChI=1S/C16H18ClNO2/c1-18-10-12-3-6-15(7-4-12)20-11-13-9-14(17)5-8-16(13)19-2/h3-9,18H,10-11H2,1-2H3. The third-order valence-electron chi connectivity index (χ3n) is 2.94. The summed E-state index contributed by atoms with van der Waals surface area (Å²) in [5.74, 6) is 1.60. The molecule has 0 saturated carbocycles. The Morgan fingerprint density at radius 3 is 2.50 bits per heavy atom. The van der Waals surface area contributed by atoms with Gasteiger partial charge in [-0.25, -0.2) is 0 Å². The molecule has 0 heterocycles. The molecule has 4 heteroatoms. The average Bonchev–Trinajstić information content (AvgIpc) is 2.47. The molecule has 3 nitrogen and oxygen atoms in total. The van der Waals surface area contributed by atoms with E-state index in [0.29, 0.717) is 11.6 Å². The third kappa shape index (κ3) is 3.89. The van der Waals surface area contributed by atoms with Gasteiger partial charge in [-0.2, -0.15) is 0 Å². The molecule has 0 bridgehead atoms. The normalized spacial score (nSPS) is 10.3. The molecule has 20 heavy (non-hydrogen) atoms. The zero-order chi connectivity index (χ0) is 14.4. The molecule has 0 fully saturated rings. The van der Waals surface area contributed by atoms with E-state index in [-0.39, 0.29) is 0 Å². The number of benzene rings is 2. The van der Waals surface area contributed by atoms with Crippen molar-refractivity contribution in [3.05, 3.63) is 58.6 Å². The van der Waals surface area contributed by atoms with E-state index < -0.39 is 0 Å². The van der Waals surface area contributed by atoms with E-state index in [1.54, 1.807) is 13.2 Å². The van der Waals surface area contributed by atoms with Crippen molar-refractivity contribution < 1.29 is 9.47 Å². The number of hydrogen-bond acceptors (Lipinski definition) is 3. The van der Waals surface area contributed by atoms with Crippen LogP contribution in [0.2, 0.25) is 5.02 Å². The van der Waals surface area contributed by atoms with Crippen LogP contribution >= 0.6 is 11.6 Å². The van der Waals surface area contributed by atoms with Gasteiger partial charge in [-0.3, -0.25) is 0 Å². The fourth-order valence-corrected chi connectivity index (χ4v) is 2.12. The lowest BCUT2D eigenvalue weighted by Gasteiger charge is -2.11. The molecule has 0 aliphatic rings. The first-order valence-electron chi connectivity index (χ1n) is 6.41. The van der Waals surface area contributed by atoms with E-state index in [4.69, 9.17) is 21.1 Å². The van der Waals surface area contributed by atoms with Crippen LogP contribution in [-0.2, 0) is 13.2 Å². The largest absolute Gasteiger partial charge is 0.496 e. The van der Waals surface area contributed by atoms with Crippen molar-refractivity contribution in [3.8, 4) is 11.5 Å². The highest BCUT2D eigenvalue weighted by molar-refractivity contribution is 6.30. The number of rotatable bonds is 6. The van der Waals surface area contributed by atoms with Crippen LogP contribution in [0.5, 0.6) is 11.5 Å². The van der Waals surface area contributed by atoms with Crippen molar-refractivity contribution in [2.45, 2.75) is 13.2 Å². The van der Waals surface area contributed by atoms with Crippen molar-refractivity contribution in [2.24, 2.45) is 0 Å². The van der Waals surface area contributed by atoms with Crippen molar-refractivity contribution in [1.82, 2.24) is 5.32 Å². The fraction of sp³-hybridized carbons (Fsp3) is 0.250. The molecule has 0 aromatic heterocycles. The molecule has 0 aliphatic heterocycles. The van der Waals surface area contributed by atoms with Crippen LogP contribution in [-0.4, -0.2) is 14.2 Å². The third-order valence-corrected chi connectivity index (χ3v) is 3.18. The summed E-state index contributed by atoms with van der Waals surface area (Å²) in [6, 6.07) is 13.5. The van der Waals surface area contributed by atoms with Crippen LogP contribution in [0.4, 0.5) is 0 Å². The SMILES string of the molecule is CNCc1ccc(OCc2cc(Cl)ccc2OC)cc1. The molecule has 2 aromatic carbocycles. The molecule has 0 amide bonds. The molecule has 0 radical (unpaired) electrons. The maximum atomic E-state index is 5.99. The summed E-state index contributed by atoms with van der Waals surface area (Å²) in [6.07, 6.45) is 0. The first kappa shape index (κ1) is 14.7. The zero-order valence-electron chi connectivity index (χ0n) is 11.7. The van der Waals surface area contributed by atoms with E-state index >= 15 is 0 Å². The van der Waals surface area contributed by atoms with Crippen molar-refractivity contribution in [2.75, 3.05) is 14.2 Å². The minimum Gasteiger partial charge on any atom is -0.496 e. The Bertz CT molecular complexity index is 555. The number of ether oxygens (including phenoxy) is 2. The Morgan fingerprint density at radius 1 is 1.10 bits per heavy atom. The molecule has 0 atom stereocenters. The summed E-state index contributed by atoms with van der Waals surface area (Å²) >= 11 is 5.99. The van der Waals surface area contributed by atoms with Gasteiger partial charge in [-0.05, 0) is 42.9 Å². The van der Waals surface area contributed by atoms with E-state index in [1.165, 1.54) is 5.56 Å². The first-order valence-corrected chi connectivity index (χ1v) is 6.79. The molecule has 1 N–H and O–H groups in total. The predicted molar refractivity (Wildman–Crippen MR) is 81.5 cm³/mol. The first-order chi connectivity index (χ1) is 9.72. The van der Waals surface area contributed by atoms with Gasteiger partial charge in [0.05, 0.1) is 7.11 Å². The van der Waals surface area contributed by atoms with Gasteiger partial charge in [-0.1, -0.05) is 23.7 Å². The summed E-state index contributed by atoms with van der Waals surface area (Å²) in [7, 11) is 3.56. The minimum absolute atomic E-state index is 0.426. The average molecular weight is 292 g/mol. The maximum Gasteiger partial charge on any atom is 0.125 e. The monoisotopic (exact) mass is 291 g/mol. The topological polar surface area (TPSA) is 30.5 Å². The zero-order valence-corrected chi connectivity index (χ0v) is 12.4. The van der Waals surface area contributed by atoms with Gasteiger partial charge in [-0.15, -0.1) is 0 Å². The van der Waals surface area contributed by atoms with Crippen LogP contribution in [0.15, 0.2) is 42.5 Å². The Kier molecular flexibility index (Phi) is 5.27. The predicted octanol–water partition coefficient (Wildman–Crippen LogP) is 3.65. The molecule has 0 unspecified atom stereocenters. The summed E-state index contributed by atoms with van der Waals surface area (Å²) in [6.45, 7) is 1.28. The molecule has 106 valence electrons. The van der Waals surface area contributed by atoms with E-state index in [1.807, 2.05) is 43.4 Å². The second-order valence-corrected chi connectivity index (χ2v) is 4.86. The highest BCUT2D eigenvalue weighted by Crippen LogP contribution is 2.24. The van der Waals surface area contributed by atoms with Gasteiger partial charge >= 0.3 is 0 Å². The Balaban J connectivity index is 2.02. The van der Waals surface area contributed by atoms with Crippen LogP contribution in [0.3, 0.4) is 0 Å². The number of hydrogen-bond donors (Lipinski definition) is 1.